The number of morpholine rings is 1. The SMILES string of the molecule is CCNC(=NCC1(N2CCOCC2)CCCCC1)NCCN(C)CCCOC.I. The average Bonchev–Trinajstić information content (AvgIpc) is 2.73. The van der Waals surface area contributed by atoms with Crippen molar-refractivity contribution < 1.29 is 9.47 Å². The van der Waals surface area contributed by atoms with Gasteiger partial charge in [0.1, 0.15) is 0 Å². The molecule has 172 valence electrons. The third-order valence-electron chi connectivity index (χ3n) is 6.02. The van der Waals surface area contributed by atoms with Crippen LogP contribution < -0.4 is 10.6 Å². The minimum absolute atomic E-state index is 0. The molecule has 2 aliphatic rings. The molecule has 0 aromatic rings. The van der Waals surface area contributed by atoms with Crippen LogP contribution in [0, 0.1) is 0 Å². The highest BCUT2D eigenvalue weighted by atomic mass is 127. The minimum Gasteiger partial charge on any atom is -0.385 e. The average molecular weight is 526 g/mol. The highest BCUT2D eigenvalue weighted by molar-refractivity contribution is 14.0. The van der Waals surface area contributed by atoms with Crippen LogP contribution >= 0.6 is 24.0 Å². The van der Waals surface area contributed by atoms with Crippen LogP contribution in [-0.4, -0.2) is 101 Å². The number of rotatable bonds is 11. The van der Waals surface area contributed by atoms with Gasteiger partial charge in [-0.2, -0.15) is 0 Å². The first kappa shape index (κ1) is 26.9. The van der Waals surface area contributed by atoms with E-state index in [4.69, 9.17) is 14.5 Å². The molecule has 2 N–H and O–H groups in total. The number of methoxy groups -OCH3 is 1. The molecule has 0 unspecified atom stereocenters. The molecule has 2 rings (SSSR count). The van der Waals surface area contributed by atoms with Crippen molar-refractivity contribution in [2.45, 2.75) is 51.0 Å². The predicted molar refractivity (Wildman–Crippen MR) is 132 cm³/mol. The summed E-state index contributed by atoms with van der Waals surface area (Å²) in [4.78, 5) is 10.0. The topological polar surface area (TPSA) is 61.4 Å². The molecule has 0 radical (unpaired) electrons. The van der Waals surface area contributed by atoms with Gasteiger partial charge in [-0.15, -0.1) is 24.0 Å². The molecule has 1 saturated carbocycles. The van der Waals surface area contributed by atoms with Crippen molar-refractivity contribution in [1.82, 2.24) is 20.4 Å². The second-order valence-corrected chi connectivity index (χ2v) is 8.16. The summed E-state index contributed by atoms with van der Waals surface area (Å²) in [6.45, 7) is 11.5. The van der Waals surface area contributed by atoms with Crippen LogP contribution in [0.3, 0.4) is 0 Å². The van der Waals surface area contributed by atoms with Gasteiger partial charge in [0.25, 0.3) is 0 Å². The van der Waals surface area contributed by atoms with E-state index in [0.29, 0.717) is 0 Å². The largest absolute Gasteiger partial charge is 0.385 e. The summed E-state index contributed by atoms with van der Waals surface area (Å²) in [5, 5.41) is 6.95. The van der Waals surface area contributed by atoms with Gasteiger partial charge in [-0.1, -0.05) is 19.3 Å². The number of ether oxygens (including phenoxy) is 2. The summed E-state index contributed by atoms with van der Waals surface area (Å²) in [5.74, 6) is 0.950. The van der Waals surface area contributed by atoms with E-state index >= 15 is 0 Å². The van der Waals surface area contributed by atoms with Crippen LogP contribution in [0.15, 0.2) is 4.99 Å². The molecule has 1 aliphatic carbocycles. The summed E-state index contributed by atoms with van der Waals surface area (Å²) < 4.78 is 10.7. The molecule has 0 aromatic heterocycles. The lowest BCUT2D eigenvalue weighted by Crippen LogP contribution is -2.56. The molecular weight excluding hydrogens is 481 g/mol. The quantitative estimate of drug-likeness (QED) is 0.187. The maximum absolute atomic E-state index is 5.60. The van der Waals surface area contributed by atoms with E-state index in [1.54, 1.807) is 7.11 Å². The van der Waals surface area contributed by atoms with Crippen molar-refractivity contribution in [3.8, 4) is 0 Å². The van der Waals surface area contributed by atoms with Gasteiger partial charge in [0.05, 0.1) is 19.8 Å². The van der Waals surface area contributed by atoms with Crippen LogP contribution in [0.1, 0.15) is 45.4 Å². The fourth-order valence-corrected chi connectivity index (χ4v) is 4.35. The number of guanidine groups is 1. The van der Waals surface area contributed by atoms with Crippen molar-refractivity contribution in [2.75, 3.05) is 79.8 Å². The van der Waals surface area contributed by atoms with E-state index in [1.807, 2.05) is 0 Å². The molecule has 0 spiro atoms. The molecule has 29 heavy (non-hydrogen) atoms. The van der Waals surface area contributed by atoms with E-state index in [9.17, 15) is 0 Å². The molecule has 0 amide bonds. The molecule has 1 aliphatic heterocycles. The number of halogens is 1. The summed E-state index contributed by atoms with van der Waals surface area (Å²) in [6, 6.07) is 0. The van der Waals surface area contributed by atoms with Gasteiger partial charge in [-0.3, -0.25) is 9.89 Å². The lowest BCUT2D eigenvalue weighted by molar-refractivity contribution is -0.0333. The summed E-state index contributed by atoms with van der Waals surface area (Å²) in [5.41, 5.74) is 0.224. The van der Waals surface area contributed by atoms with Crippen molar-refractivity contribution >= 4 is 29.9 Å². The van der Waals surface area contributed by atoms with Gasteiger partial charge in [0, 0.05) is 58.5 Å². The third kappa shape index (κ3) is 9.67. The number of nitrogens with one attached hydrogen (secondary N) is 2. The van der Waals surface area contributed by atoms with Gasteiger partial charge in [0.15, 0.2) is 5.96 Å². The van der Waals surface area contributed by atoms with Gasteiger partial charge in [-0.05, 0) is 33.2 Å². The Bertz CT molecular complexity index is 441. The third-order valence-corrected chi connectivity index (χ3v) is 6.02. The monoisotopic (exact) mass is 525 g/mol. The first-order valence-corrected chi connectivity index (χ1v) is 11.2. The number of nitrogens with zero attached hydrogens (tertiary/aromatic N) is 3. The molecule has 1 saturated heterocycles. The van der Waals surface area contributed by atoms with Crippen LogP contribution in [0.25, 0.3) is 0 Å². The molecule has 7 nitrogen and oxygen atoms in total. The summed E-state index contributed by atoms with van der Waals surface area (Å²) in [6.07, 6.45) is 7.61. The lowest BCUT2D eigenvalue weighted by Gasteiger charge is -2.47. The maximum atomic E-state index is 5.60. The zero-order valence-electron chi connectivity index (χ0n) is 18.9. The lowest BCUT2D eigenvalue weighted by atomic mass is 9.80. The van der Waals surface area contributed by atoms with Crippen LogP contribution in [0.2, 0.25) is 0 Å². The highest BCUT2D eigenvalue weighted by Crippen LogP contribution is 2.34. The summed E-state index contributed by atoms with van der Waals surface area (Å²) in [7, 11) is 3.92. The fourth-order valence-electron chi connectivity index (χ4n) is 4.35. The Morgan fingerprint density at radius 2 is 1.86 bits per heavy atom. The number of likely N-dealkylation sites (N-methyl/N-ethyl adjacent to an activating group) is 1. The van der Waals surface area contributed by atoms with E-state index in [2.05, 4.69) is 34.4 Å². The number of hydrogen-bond donors (Lipinski definition) is 2. The smallest absolute Gasteiger partial charge is 0.191 e. The van der Waals surface area contributed by atoms with Crippen molar-refractivity contribution in [2.24, 2.45) is 4.99 Å². The Hall–Kier alpha value is -0.160. The maximum Gasteiger partial charge on any atom is 0.191 e. The first-order valence-electron chi connectivity index (χ1n) is 11.2. The van der Waals surface area contributed by atoms with Crippen molar-refractivity contribution in [3.05, 3.63) is 0 Å². The summed E-state index contributed by atoms with van der Waals surface area (Å²) >= 11 is 0. The van der Waals surface area contributed by atoms with E-state index in [0.717, 1.165) is 78.0 Å². The molecule has 0 bridgehead atoms. The van der Waals surface area contributed by atoms with Gasteiger partial charge >= 0.3 is 0 Å². The van der Waals surface area contributed by atoms with Gasteiger partial charge in [-0.25, -0.2) is 0 Å². The van der Waals surface area contributed by atoms with Gasteiger partial charge in [0.2, 0.25) is 0 Å². The number of aliphatic imine (C=N–C) groups is 1. The minimum atomic E-state index is 0. The molecule has 0 aromatic carbocycles. The second-order valence-electron chi connectivity index (χ2n) is 8.16. The van der Waals surface area contributed by atoms with Crippen molar-refractivity contribution in [3.63, 3.8) is 0 Å². The zero-order valence-corrected chi connectivity index (χ0v) is 21.2. The Morgan fingerprint density at radius 3 is 2.52 bits per heavy atom. The van der Waals surface area contributed by atoms with E-state index in [1.165, 1.54) is 32.1 Å². The van der Waals surface area contributed by atoms with Crippen LogP contribution in [-0.2, 0) is 9.47 Å². The highest BCUT2D eigenvalue weighted by Gasteiger charge is 2.38. The molecule has 1 heterocycles. The Labute approximate surface area is 195 Å². The second kappa shape index (κ2) is 15.6. The Kier molecular flexibility index (Phi) is 14.5. The van der Waals surface area contributed by atoms with Crippen LogP contribution in [0.5, 0.6) is 0 Å². The molecule has 2 fully saturated rings. The number of hydrogen-bond acceptors (Lipinski definition) is 5. The normalized spacial score (nSPS) is 20.3. The molecule has 8 heteroatoms. The molecule has 0 atom stereocenters. The Balaban J connectivity index is 0.00000420. The standard InChI is InChI=1S/C21H43N5O2.HI/c1-4-22-20(23-11-13-25(2)12-8-16-27-3)24-19-21(9-6-5-7-10-21)26-14-17-28-18-15-26;/h4-19H2,1-3H3,(H2,22,23,24);1H. The van der Waals surface area contributed by atoms with E-state index < -0.39 is 0 Å². The molecular formula is C21H44IN5O2. The van der Waals surface area contributed by atoms with E-state index in [-0.39, 0.29) is 29.5 Å². The van der Waals surface area contributed by atoms with Crippen LogP contribution in [0.4, 0.5) is 0 Å². The zero-order chi connectivity index (χ0) is 20.1. The predicted octanol–water partition coefficient (Wildman–Crippen LogP) is 2.16. The fraction of sp³-hybridized carbons (Fsp3) is 0.952. The Morgan fingerprint density at radius 1 is 1.14 bits per heavy atom. The first-order chi connectivity index (χ1) is 13.7. The van der Waals surface area contributed by atoms with Crippen molar-refractivity contribution in [1.29, 1.82) is 0 Å². The van der Waals surface area contributed by atoms with Gasteiger partial charge < -0.3 is 25.0 Å².